The number of anilines is 4. The molecule has 4 N–H and O–H groups in total. The summed E-state index contributed by atoms with van der Waals surface area (Å²) in [6, 6.07) is 7.37. The van der Waals surface area contributed by atoms with Gasteiger partial charge in [-0.15, -0.1) is 0 Å². The number of nitrogens with one attached hydrogen (secondary N) is 4. The molecule has 120 valence electrons. The first kappa shape index (κ1) is 16.4. The lowest BCUT2D eigenvalue weighted by Gasteiger charge is -2.13. The van der Waals surface area contributed by atoms with E-state index >= 15 is 0 Å². The summed E-state index contributed by atoms with van der Waals surface area (Å²) >= 11 is 0. The lowest BCUT2D eigenvalue weighted by Crippen LogP contribution is -2.11. The number of rotatable bonds is 7. The van der Waals surface area contributed by atoms with Crippen molar-refractivity contribution in [2.75, 3.05) is 30.0 Å². The van der Waals surface area contributed by atoms with E-state index in [1.807, 2.05) is 25.2 Å². The van der Waals surface area contributed by atoms with E-state index < -0.39 is 0 Å². The maximum atomic E-state index is 11.4. The molecule has 0 unspecified atom stereocenters. The molecule has 2 rings (SSSR count). The van der Waals surface area contributed by atoms with E-state index in [9.17, 15) is 4.79 Å². The lowest BCUT2D eigenvalue weighted by atomic mass is 10.2. The van der Waals surface area contributed by atoms with Crippen LogP contribution in [0.4, 0.5) is 23.1 Å². The Morgan fingerprint density at radius 2 is 2.09 bits per heavy atom. The van der Waals surface area contributed by atoms with Crippen LogP contribution in [0.3, 0.4) is 0 Å². The fourth-order valence-corrected chi connectivity index (χ4v) is 1.96. The SMILES string of the molecule is C=CC(=O)Nc1cccc(Nc2nc(NC)ncc2CNC)c1. The highest BCUT2D eigenvalue weighted by atomic mass is 16.1. The first-order chi connectivity index (χ1) is 11.2. The van der Waals surface area contributed by atoms with E-state index in [4.69, 9.17) is 0 Å². The summed E-state index contributed by atoms with van der Waals surface area (Å²) in [4.78, 5) is 20.0. The Hall–Kier alpha value is -2.93. The van der Waals surface area contributed by atoms with Crippen molar-refractivity contribution < 1.29 is 4.79 Å². The smallest absolute Gasteiger partial charge is 0.247 e. The minimum absolute atomic E-state index is 0.252. The molecule has 1 aromatic carbocycles. The van der Waals surface area contributed by atoms with Crippen LogP contribution in [0.1, 0.15) is 5.56 Å². The molecule has 1 heterocycles. The average molecular weight is 312 g/mol. The Labute approximate surface area is 135 Å². The van der Waals surface area contributed by atoms with Gasteiger partial charge in [0.2, 0.25) is 11.9 Å². The Morgan fingerprint density at radius 3 is 2.78 bits per heavy atom. The zero-order valence-electron chi connectivity index (χ0n) is 13.2. The molecular formula is C16H20N6O. The number of nitrogens with zero attached hydrogens (tertiary/aromatic N) is 2. The van der Waals surface area contributed by atoms with Crippen LogP contribution in [-0.2, 0) is 11.3 Å². The van der Waals surface area contributed by atoms with Gasteiger partial charge in [0.05, 0.1) is 0 Å². The van der Waals surface area contributed by atoms with E-state index in [0.717, 1.165) is 11.3 Å². The number of carbonyl (C=O) groups is 1. The molecule has 0 bridgehead atoms. The molecule has 0 aliphatic rings. The molecule has 0 saturated carbocycles. The van der Waals surface area contributed by atoms with Crippen molar-refractivity contribution in [3.8, 4) is 0 Å². The number of hydrogen-bond donors (Lipinski definition) is 4. The van der Waals surface area contributed by atoms with Crippen molar-refractivity contribution in [3.05, 3.63) is 48.7 Å². The second-order valence-electron chi connectivity index (χ2n) is 4.75. The number of benzene rings is 1. The Morgan fingerprint density at radius 1 is 1.30 bits per heavy atom. The summed E-state index contributed by atoms with van der Waals surface area (Å²) in [5.74, 6) is 0.979. The van der Waals surface area contributed by atoms with Gasteiger partial charge in [0.25, 0.3) is 0 Å². The van der Waals surface area contributed by atoms with E-state index in [1.165, 1.54) is 6.08 Å². The van der Waals surface area contributed by atoms with Gasteiger partial charge < -0.3 is 21.3 Å². The summed E-state index contributed by atoms with van der Waals surface area (Å²) in [5.41, 5.74) is 2.43. The second-order valence-corrected chi connectivity index (χ2v) is 4.75. The number of carbonyl (C=O) groups excluding carboxylic acids is 1. The first-order valence-corrected chi connectivity index (χ1v) is 7.15. The molecular weight excluding hydrogens is 292 g/mol. The van der Waals surface area contributed by atoms with Gasteiger partial charge in [0.1, 0.15) is 5.82 Å². The van der Waals surface area contributed by atoms with Crippen molar-refractivity contribution in [2.45, 2.75) is 6.54 Å². The predicted octanol–water partition coefficient (Wildman–Crippen LogP) is 2.11. The Bertz CT molecular complexity index is 701. The van der Waals surface area contributed by atoms with Crippen LogP contribution in [0.25, 0.3) is 0 Å². The maximum absolute atomic E-state index is 11.4. The monoisotopic (exact) mass is 312 g/mol. The number of hydrogen-bond acceptors (Lipinski definition) is 6. The summed E-state index contributed by atoms with van der Waals surface area (Å²) in [6.45, 7) is 4.08. The van der Waals surface area contributed by atoms with Crippen LogP contribution < -0.4 is 21.3 Å². The molecule has 0 radical (unpaired) electrons. The van der Waals surface area contributed by atoms with Crippen LogP contribution in [0.2, 0.25) is 0 Å². The molecule has 2 aromatic rings. The largest absolute Gasteiger partial charge is 0.357 e. The van der Waals surface area contributed by atoms with Crippen LogP contribution in [0, 0.1) is 0 Å². The maximum Gasteiger partial charge on any atom is 0.247 e. The Balaban J connectivity index is 2.25. The fourth-order valence-electron chi connectivity index (χ4n) is 1.96. The van der Waals surface area contributed by atoms with Crippen LogP contribution in [0.15, 0.2) is 43.1 Å². The molecule has 1 aromatic heterocycles. The lowest BCUT2D eigenvalue weighted by molar-refractivity contribution is -0.111. The van der Waals surface area contributed by atoms with Crippen molar-refractivity contribution in [1.29, 1.82) is 0 Å². The number of aromatic nitrogens is 2. The molecule has 0 spiro atoms. The van der Waals surface area contributed by atoms with Gasteiger partial charge in [-0.2, -0.15) is 4.98 Å². The third-order valence-corrected chi connectivity index (χ3v) is 3.03. The van der Waals surface area contributed by atoms with E-state index in [-0.39, 0.29) is 5.91 Å². The standard InChI is InChI=1S/C16H20N6O/c1-4-14(23)20-12-6-5-7-13(8-12)21-15-11(9-17-2)10-19-16(18-3)22-15/h4-8,10,17H,1,9H2,2-3H3,(H,20,23)(H2,18,19,21,22). The van der Waals surface area contributed by atoms with Crippen molar-refractivity contribution in [2.24, 2.45) is 0 Å². The quantitative estimate of drug-likeness (QED) is 0.585. The van der Waals surface area contributed by atoms with Gasteiger partial charge >= 0.3 is 0 Å². The molecule has 0 fully saturated rings. The minimum atomic E-state index is -0.252. The fraction of sp³-hybridized carbons (Fsp3) is 0.188. The second kappa shape index (κ2) is 7.90. The summed E-state index contributed by atoms with van der Waals surface area (Å²) < 4.78 is 0. The molecule has 0 aliphatic heterocycles. The Kier molecular flexibility index (Phi) is 5.65. The molecule has 0 aliphatic carbocycles. The highest BCUT2D eigenvalue weighted by molar-refractivity contribution is 5.99. The van der Waals surface area contributed by atoms with Gasteiger partial charge in [0, 0.05) is 36.7 Å². The molecule has 1 amide bonds. The first-order valence-electron chi connectivity index (χ1n) is 7.15. The van der Waals surface area contributed by atoms with Gasteiger partial charge in [-0.05, 0) is 31.3 Å². The van der Waals surface area contributed by atoms with Crippen molar-refractivity contribution >= 4 is 29.0 Å². The minimum Gasteiger partial charge on any atom is -0.357 e. The zero-order valence-corrected chi connectivity index (χ0v) is 13.2. The number of amides is 1. The molecule has 23 heavy (non-hydrogen) atoms. The summed E-state index contributed by atoms with van der Waals surface area (Å²) in [6.07, 6.45) is 3.00. The third kappa shape index (κ3) is 4.52. The van der Waals surface area contributed by atoms with E-state index in [1.54, 1.807) is 19.3 Å². The third-order valence-electron chi connectivity index (χ3n) is 3.03. The van der Waals surface area contributed by atoms with Crippen LogP contribution in [0.5, 0.6) is 0 Å². The molecule has 7 heteroatoms. The van der Waals surface area contributed by atoms with Gasteiger partial charge in [-0.1, -0.05) is 12.6 Å². The van der Waals surface area contributed by atoms with Crippen LogP contribution >= 0.6 is 0 Å². The normalized spacial score (nSPS) is 10.0. The zero-order chi connectivity index (χ0) is 16.7. The topological polar surface area (TPSA) is 91.0 Å². The molecule has 7 nitrogen and oxygen atoms in total. The van der Waals surface area contributed by atoms with E-state index in [2.05, 4.69) is 37.8 Å². The van der Waals surface area contributed by atoms with Crippen molar-refractivity contribution in [1.82, 2.24) is 15.3 Å². The predicted molar refractivity (Wildman–Crippen MR) is 92.9 cm³/mol. The van der Waals surface area contributed by atoms with Crippen molar-refractivity contribution in [3.63, 3.8) is 0 Å². The highest BCUT2D eigenvalue weighted by Crippen LogP contribution is 2.22. The van der Waals surface area contributed by atoms with Gasteiger partial charge in [-0.25, -0.2) is 4.98 Å². The average Bonchev–Trinajstić information content (AvgIpc) is 2.57. The molecule has 0 atom stereocenters. The van der Waals surface area contributed by atoms with E-state index in [0.29, 0.717) is 24.0 Å². The van der Waals surface area contributed by atoms with Crippen LogP contribution in [-0.4, -0.2) is 30.0 Å². The van der Waals surface area contributed by atoms with Gasteiger partial charge in [0.15, 0.2) is 0 Å². The summed E-state index contributed by atoms with van der Waals surface area (Å²) in [7, 11) is 3.63. The summed E-state index contributed by atoms with van der Waals surface area (Å²) in [5, 5.41) is 12.0. The van der Waals surface area contributed by atoms with Gasteiger partial charge in [-0.3, -0.25) is 4.79 Å². The molecule has 0 saturated heterocycles. The highest BCUT2D eigenvalue weighted by Gasteiger charge is 2.07.